The summed E-state index contributed by atoms with van der Waals surface area (Å²) in [6.45, 7) is 8.90. The molecule has 4 nitrogen and oxygen atoms in total. The maximum Gasteiger partial charge on any atom is 0.0774 e. The molecule has 239 valence electrons. The van der Waals surface area contributed by atoms with Gasteiger partial charge in [-0.15, -0.1) is 35.9 Å². The summed E-state index contributed by atoms with van der Waals surface area (Å²) in [5.74, 6) is 1.53. The standard InChI is InChI=1S/C20H38O2.C19H13N2.Ir/c1-5-19(6-2)13-9-11-15-12-10-14-20(7-3,8-4)18(22)16(15)17(19)21;1-3-9-15(10-4-1)19-20-17-13-7-8-14-18(17)21(19)16-11-5-2-6-12-16;/h15-18,21-22H,5-14H2,1-4H3;1-9,11-14H;/q;-1;. The molecular weight excluding hydrogens is 721 g/mol. The largest absolute Gasteiger partial charge is 0.392 e. The first-order valence-electron chi connectivity index (χ1n) is 16.8. The normalized spacial score (nSPS) is 24.1. The van der Waals surface area contributed by atoms with Gasteiger partial charge in [0, 0.05) is 31.7 Å². The molecule has 44 heavy (non-hydrogen) atoms. The number of imidazole rings is 1. The predicted molar refractivity (Wildman–Crippen MR) is 178 cm³/mol. The molecule has 5 heteroatoms. The van der Waals surface area contributed by atoms with Crippen LogP contribution >= 0.6 is 0 Å². The van der Waals surface area contributed by atoms with Gasteiger partial charge in [0.15, 0.2) is 0 Å². The van der Waals surface area contributed by atoms with Gasteiger partial charge in [-0.2, -0.15) is 0 Å². The Morgan fingerprint density at radius 3 is 1.84 bits per heavy atom. The van der Waals surface area contributed by atoms with E-state index in [0.29, 0.717) is 5.92 Å². The SMILES string of the molecule is CCC1(CC)CCCC2CCCC(CC)(CC)C(O)C2C1O.[Ir].[c-]1ccccc1-c1nc2ccccc2n1-c1ccccc1. The number of fused-ring (bicyclic) bond motifs is 2. The van der Waals surface area contributed by atoms with Crippen LogP contribution in [0.4, 0.5) is 0 Å². The summed E-state index contributed by atoms with van der Waals surface area (Å²) in [6.07, 6.45) is 10.6. The van der Waals surface area contributed by atoms with Crippen molar-refractivity contribution in [1.29, 1.82) is 0 Å². The number of rotatable bonds is 6. The number of aliphatic hydroxyl groups excluding tert-OH is 2. The maximum atomic E-state index is 11.4. The van der Waals surface area contributed by atoms with Gasteiger partial charge in [0.05, 0.1) is 29.1 Å². The molecule has 1 heterocycles. The Kier molecular flexibility index (Phi) is 12.0. The average molecular weight is 772 g/mol. The van der Waals surface area contributed by atoms with Crippen LogP contribution in [-0.2, 0) is 20.1 Å². The monoisotopic (exact) mass is 772 g/mol. The van der Waals surface area contributed by atoms with E-state index < -0.39 is 0 Å². The van der Waals surface area contributed by atoms with E-state index in [2.05, 4.69) is 56.5 Å². The third kappa shape index (κ3) is 6.63. The third-order valence-corrected chi connectivity index (χ3v) is 11.4. The summed E-state index contributed by atoms with van der Waals surface area (Å²) in [5, 5.41) is 22.7. The van der Waals surface area contributed by atoms with Crippen LogP contribution in [0, 0.1) is 28.7 Å². The van der Waals surface area contributed by atoms with Gasteiger partial charge in [-0.3, -0.25) is 4.98 Å². The molecule has 1 radical (unpaired) electrons. The zero-order valence-corrected chi connectivity index (χ0v) is 29.4. The Bertz CT molecular complexity index is 1400. The number of aromatic nitrogens is 2. The van der Waals surface area contributed by atoms with Crippen LogP contribution in [0.2, 0.25) is 0 Å². The predicted octanol–water partition coefficient (Wildman–Crippen LogP) is 9.41. The van der Waals surface area contributed by atoms with Gasteiger partial charge in [-0.25, -0.2) is 0 Å². The molecule has 2 atom stereocenters. The van der Waals surface area contributed by atoms with E-state index >= 15 is 0 Å². The molecule has 4 aromatic rings. The number of hydrogen-bond acceptors (Lipinski definition) is 3. The fourth-order valence-electron chi connectivity index (χ4n) is 8.38. The second-order valence-corrected chi connectivity index (χ2v) is 13.0. The van der Waals surface area contributed by atoms with Gasteiger partial charge in [-0.05, 0) is 92.4 Å². The van der Waals surface area contributed by atoms with Crippen LogP contribution in [0.5, 0.6) is 0 Å². The molecule has 2 aliphatic rings. The Morgan fingerprint density at radius 1 is 0.750 bits per heavy atom. The van der Waals surface area contributed by atoms with Crippen LogP contribution in [-0.4, -0.2) is 32.0 Å². The van der Waals surface area contributed by atoms with E-state index in [-0.39, 0.29) is 49.1 Å². The Morgan fingerprint density at radius 2 is 1.30 bits per heavy atom. The molecule has 1 aromatic heterocycles. The van der Waals surface area contributed by atoms with E-state index in [9.17, 15) is 10.2 Å². The molecule has 2 saturated carbocycles. The van der Waals surface area contributed by atoms with E-state index in [4.69, 9.17) is 4.98 Å². The fraction of sp³-hybridized carbons (Fsp3) is 0.513. The summed E-state index contributed by atoms with van der Waals surface area (Å²) in [5.41, 5.74) is 4.26. The zero-order chi connectivity index (χ0) is 30.5. The molecule has 0 spiro atoms. The van der Waals surface area contributed by atoms with E-state index in [1.165, 1.54) is 25.7 Å². The summed E-state index contributed by atoms with van der Waals surface area (Å²) < 4.78 is 2.18. The van der Waals surface area contributed by atoms with Crippen LogP contribution in [0.15, 0.2) is 78.9 Å². The topological polar surface area (TPSA) is 58.3 Å². The van der Waals surface area contributed by atoms with Crippen molar-refractivity contribution in [3.05, 3.63) is 84.9 Å². The van der Waals surface area contributed by atoms with Gasteiger partial charge < -0.3 is 14.8 Å². The van der Waals surface area contributed by atoms with Crippen molar-refractivity contribution in [1.82, 2.24) is 9.55 Å². The average Bonchev–Trinajstić information content (AvgIpc) is 3.32. The second kappa shape index (κ2) is 15.3. The fourth-order valence-corrected chi connectivity index (χ4v) is 8.38. The molecule has 2 N–H and O–H groups in total. The molecule has 0 bridgehead atoms. The van der Waals surface area contributed by atoms with Crippen molar-refractivity contribution in [2.75, 3.05) is 0 Å². The molecule has 0 saturated heterocycles. The van der Waals surface area contributed by atoms with Gasteiger partial charge in [-0.1, -0.05) is 70.9 Å². The Labute approximate surface area is 278 Å². The summed E-state index contributed by atoms with van der Waals surface area (Å²) >= 11 is 0. The summed E-state index contributed by atoms with van der Waals surface area (Å²) in [4.78, 5) is 4.79. The zero-order valence-electron chi connectivity index (χ0n) is 27.0. The minimum absolute atomic E-state index is 0. The van der Waals surface area contributed by atoms with Crippen molar-refractivity contribution < 1.29 is 30.3 Å². The minimum Gasteiger partial charge on any atom is -0.392 e. The molecule has 6 rings (SSSR count). The van der Waals surface area contributed by atoms with E-state index in [1.807, 2.05) is 60.7 Å². The van der Waals surface area contributed by atoms with Crippen LogP contribution in [0.3, 0.4) is 0 Å². The second-order valence-electron chi connectivity index (χ2n) is 13.0. The molecular formula is C39H51IrN2O2-. The van der Waals surface area contributed by atoms with Crippen LogP contribution in [0.1, 0.15) is 91.9 Å². The Balaban J connectivity index is 0.000000196. The quantitative estimate of drug-likeness (QED) is 0.192. The number of benzene rings is 3. The van der Waals surface area contributed by atoms with Crippen molar-refractivity contribution in [2.24, 2.45) is 22.7 Å². The third-order valence-electron chi connectivity index (χ3n) is 11.4. The van der Waals surface area contributed by atoms with Gasteiger partial charge >= 0.3 is 0 Å². The number of para-hydroxylation sites is 3. The smallest absolute Gasteiger partial charge is 0.0774 e. The van der Waals surface area contributed by atoms with E-state index in [0.717, 1.165) is 66.6 Å². The molecule has 3 aromatic carbocycles. The maximum absolute atomic E-state index is 11.4. The molecule has 0 aliphatic heterocycles. The molecule has 0 amide bonds. The molecule has 2 aliphatic carbocycles. The first-order valence-corrected chi connectivity index (χ1v) is 16.8. The summed E-state index contributed by atoms with van der Waals surface area (Å²) in [7, 11) is 0. The Hall–Kier alpha value is -2.30. The van der Waals surface area contributed by atoms with Crippen molar-refractivity contribution in [3.63, 3.8) is 0 Å². The van der Waals surface area contributed by atoms with Gasteiger partial charge in [0.25, 0.3) is 0 Å². The van der Waals surface area contributed by atoms with E-state index in [1.54, 1.807) is 0 Å². The number of hydrogen-bond donors (Lipinski definition) is 2. The van der Waals surface area contributed by atoms with Crippen molar-refractivity contribution in [3.8, 4) is 17.1 Å². The van der Waals surface area contributed by atoms with Gasteiger partial charge in [0.2, 0.25) is 0 Å². The first kappa shape index (κ1) is 34.6. The van der Waals surface area contributed by atoms with Crippen molar-refractivity contribution in [2.45, 2.75) is 104 Å². The van der Waals surface area contributed by atoms with Crippen molar-refractivity contribution >= 4 is 11.0 Å². The minimum atomic E-state index is -0.333. The molecule has 2 fully saturated rings. The van der Waals surface area contributed by atoms with Crippen LogP contribution < -0.4 is 0 Å². The first-order chi connectivity index (χ1) is 20.9. The number of aliphatic hydroxyl groups is 2. The van der Waals surface area contributed by atoms with Gasteiger partial charge in [0.1, 0.15) is 0 Å². The number of nitrogens with zero attached hydrogens (tertiary/aromatic N) is 2. The summed E-state index contributed by atoms with van der Waals surface area (Å²) in [6, 6.07) is 29.7. The molecule has 2 unspecified atom stereocenters. The van der Waals surface area contributed by atoms with Crippen LogP contribution in [0.25, 0.3) is 28.1 Å².